The fourth-order valence-corrected chi connectivity index (χ4v) is 3.79. The highest BCUT2D eigenvalue weighted by molar-refractivity contribution is 5.98. The molecule has 1 aliphatic carbocycles. The number of nitrogens with zero attached hydrogens (tertiary/aromatic N) is 1. The Morgan fingerprint density at radius 3 is 2.52 bits per heavy atom. The number of nitrogens with one attached hydrogen (secondary N) is 2. The SMILES string of the molecule is CC1(C)C=C2NC(Nc3ccc(F)cc3)=N[C@H](c3ccccc3)[C@H]2C(=O)C1. The molecule has 0 aromatic heterocycles. The molecular weight excluding hydrogens is 341 g/mol. The van der Waals surface area contributed by atoms with Crippen molar-refractivity contribution in [2.75, 3.05) is 5.32 Å². The Hall–Kier alpha value is -2.95. The fourth-order valence-electron chi connectivity index (χ4n) is 3.79. The molecule has 2 aromatic rings. The van der Waals surface area contributed by atoms with E-state index in [1.807, 2.05) is 30.3 Å². The van der Waals surface area contributed by atoms with E-state index in [1.165, 1.54) is 12.1 Å². The van der Waals surface area contributed by atoms with Crippen molar-refractivity contribution in [1.82, 2.24) is 5.32 Å². The monoisotopic (exact) mass is 363 g/mol. The molecule has 0 bridgehead atoms. The molecule has 0 saturated heterocycles. The number of Topliss-reactive ketones (excluding diaryl/α,β-unsaturated/α-hetero) is 1. The molecule has 0 fully saturated rings. The number of carbonyl (C=O) groups is 1. The molecule has 0 spiro atoms. The molecule has 27 heavy (non-hydrogen) atoms. The summed E-state index contributed by atoms with van der Waals surface area (Å²) in [4.78, 5) is 17.7. The van der Waals surface area contributed by atoms with Gasteiger partial charge < -0.3 is 10.6 Å². The fraction of sp³-hybridized carbons (Fsp3) is 0.273. The second kappa shape index (κ2) is 6.65. The first-order chi connectivity index (χ1) is 12.9. The van der Waals surface area contributed by atoms with Crippen molar-refractivity contribution in [3.05, 3.63) is 77.8 Å². The largest absolute Gasteiger partial charge is 0.329 e. The number of guanidine groups is 1. The Morgan fingerprint density at radius 2 is 1.81 bits per heavy atom. The van der Waals surface area contributed by atoms with Crippen LogP contribution in [-0.4, -0.2) is 11.7 Å². The zero-order valence-electron chi connectivity index (χ0n) is 15.4. The molecule has 0 amide bonds. The summed E-state index contributed by atoms with van der Waals surface area (Å²) >= 11 is 0. The highest BCUT2D eigenvalue weighted by atomic mass is 19.1. The number of fused-ring (bicyclic) bond motifs is 1. The summed E-state index contributed by atoms with van der Waals surface area (Å²) in [5, 5.41) is 6.49. The average molecular weight is 363 g/mol. The first-order valence-electron chi connectivity index (χ1n) is 9.09. The average Bonchev–Trinajstić information content (AvgIpc) is 2.62. The highest BCUT2D eigenvalue weighted by Crippen LogP contribution is 2.42. The number of hydrogen-bond donors (Lipinski definition) is 2. The third kappa shape index (κ3) is 3.63. The van der Waals surface area contributed by atoms with Gasteiger partial charge in [0.05, 0.1) is 12.0 Å². The molecule has 5 heteroatoms. The molecule has 0 radical (unpaired) electrons. The number of allylic oxidation sites excluding steroid dienone is 1. The number of rotatable bonds is 2. The first kappa shape index (κ1) is 17.5. The van der Waals surface area contributed by atoms with Crippen LogP contribution in [0.2, 0.25) is 0 Å². The van der Waals surface area contributed by atoms with Crippen LogP contribution in [0.3, 0.4) is 0 Å². The van der Waals surface area contributed by atoms with Gasteiger partial charge in [-0.15, -0.1) is 0 Å². The molecule has 1 aliphatic heterocycles. The van der Waals surface area contributed by atoms with Gasteiger partial charge in [-0.25, -0.2) is 9.38 Å². The van der Waals surface area contributed by atoms with E-state index in [2.05, 4.69) is 30.6 Å². The molecule has 2 N–H and O–H groups in total. The van der Waals surface area contributed by atoms with E-state index in [1.54, 1.807) is 12.1 Å². The second-order valence-corrected chi connectivity index (χ2v) is 7.80. The number of hydrogen-bond acceptors (Lipinski definition) is 4. The molecule has 4 nitrogen and oxygen atoms in total. The Balaban J connectivity index is 1.74. The molecular formula is C22H22FN3O. The van der Waals surface area contributed by atoms with Crippen LogP contribution < -0.4 is 10.6 Å². The van der Waals surface area contributed by atoms with Gasteiger partial charge in [0.15, 0.2) is 0 Å². The standard InChI is InChI=1S/C22H22FN3O/c1-22(2)12-17-19(18(27)13-22)20(14-6-4-3-5-7-14)26-21(25-17)24-16-10-8-15(23)9-11-16/h3-12,19-20H,13H2,1-2H3,(H2,24,25,26)/t19-,20-/m1/s1. The Bertz CT molecular complexity index is 916. The highest BCUT2D eigenvalue weighted by Gasteiger charge is 2.42. The van der Waals surface area contributed by atoms with Gasteiger partial charge in [0.25, 0.3) is 0 Å². The number of carbonyl (C=O) groups excluding carboxylic acids is 1. The van der Waals surface area contributed by atoms with Crippen LogP contribution in [-0.2, 0) is 4.79 Å². The van der Waals surface area contributed by atoms with Crippen LogP contribution in [0.15, 0.2) is 71.4 Å². The predicted octanol–water partition coefficient (Wildman–Crippen LogP) is 4.44. The van der Waals surface area contributed by atoms with E-state index < -0.39 is 0 Å². The molecule has 2 aromatic carbocycles. The number of ketones is 1. The van der Waals surface area contributed by atoms with Crippen molar-refractivity contribution >= 4 is 17.4 Å². The molecule has 0 unspecified atom stereocenters. The van der Waals surface area contributed by atoms with Crippen molar-refractivity contribution in [3.8, 4) is 0 Å². The normalized spacial score (nSPS) is 23.6. The smallest absolute Gasteiger partial charge is 0.200 e. The summed E-state index contributed by atoms with van der Waals surface area (Å²) < 4.78 is 13.2. The maximum atomic E-state index is 13.2. The van der Waals surface area contributed by atoms with Crippen LogP contribution in [0.4, 0.5) is 10.1 Å². The Morgan fingerprint density at radius 1 is 1.11 bits per heavy atom. The predicted molar refractivity (Wildman–Crippen MR) is 105 cm³/mol. The topological polar surface area (TPSA) is 53.5 Å². The van der Waals surface area contributed by atoms with E-state index in [0.29, 0.717) is 12.4 Å². The zero-order chi connectivity index (χ0) is 19.0. The number of aliphatic imine (C=N–C) groups is 1. The molecule has 138 valence electrons. The van der Waals surface area contributed by atoms with Gasteiger partial charge in [-0.05, 0) is 35.2 Å². The lowest BCUT2D eigenvalue weighted by Gasteiger charge is -2.39. The Labute approximate surface area is 158 Å². The van der Waals surface area contributed by atoms with Gasteiger partial charge in [0.1, 0.15) is 11.6 Å². The van der Waals surface area contributed by atoms with Gasteiger partial charge in [-0.1, -0.05) is 50.3 Å². The van der Waals surface area contributed by atoms with Gasteiger partial charge in [-0.3, -0.25) is 4.79 Å². The summed E-state index contributed by atoms with van der Waals surface area (Å²) in [6.07, 6.45) is 2.64. The lowest BCUT2D eigenvalue weighted by atomic mass is 9.72. The van der Waals surface area contributed by atoms with E-state index in [4.69, 9.17) is 4.99 Å². The van der Waals surface area contributed by atoms with Crippen LogP contribution in [0.25, 0.3) is 0 Å². The minimum absolute atomic E-state index is 0.198. The maximum absolute atomic E-state index is 13.2. The van der Waals surface area contributed by atoms with E-state index in [9.17, 15) is 9.18 Å². The third-order valence-corrected chi connectivity index (χ3v) is 4.95. The van der Waals surface area contributed by atoms with Crippen LogP contribution >= 0.6 is 0 Å². The maximum Gasteiger partial charge on any atom is 0.200 e. The molecule has 2 atom stereocenters. The lowest BCUT2D eigenvalue weighted by Crippen LogP contribution is -2.45. The molecule has 2 aliphatic rings. The molecule has 0 saturated carbocycles. The van der Waals surface area contributed by atoms with Crippen LogP contribution in [0, 0.1) is 17.2 Å². The summed E-state index contributed by atoms with van der Waals surface area (Å²) in [6, 6.07) is 15.7. The van der Waals surface area contributed by atoms with Crippen molar-refractivity contribution in [1.29, 1.82) is 0 Å². The Kier molecular flexibility index (Phi) is 4.30. The zero-order valence-corrected chi connectivity index (χ0v) is 15.4. The van der Waals surface area contributed by atoms with Crippen LogP contribution in [0.5, 0.6) is 0 Å². The lowest BCUT2D eigenvalue weighted by molar-refractivity contribution is -0.124. The minimum atomic E-state index is -0.306. The first-order valence-corrected chi connectivity index (χ1v) is 9.09. The number of benzene rings is 2. The summed E-state index contributed by atoms with van der Waals surface area (Å²) in [7, 11) is 0. The minimum Gasteiger partial charge on any atom is -0.329 e. The summed E-state index contributed by atoms with van der Waals surface area (Å²) in [5.74, 6) is 0.162. The van der Waals surface area contributed by atoms with Crippen molar-refractivity contribution in [3.63, 3.8) is 0 Å². The van der Waals surface area contributed by atoms with Crippen LogP contribution in [0.1, 0.15) is 31.9 Å². The molecule has 4 rings (SSSR count). The third-order valence-electron chi connectivity index (χ3n) is 4.95. The van der Waals surface area contributed by atoms with Gasteiger partial charge in [0, 0.05) is 17.8 Å². The van der Waals surface area contributed by atoms with Crippen molar-refractivity contribution in [2.24, 2.45) is 16.3 Å². The number of anilines is 1. The van der Waals surface area contributed by atoms with Crippen molar-refractivity contribution in [2.45, 2.75) is 26.3 Å². The van der Waals surface area contributed by atoms with Gasteiger partial charge in [0.2, 0.25) is 5.96 Å². The molecule has 1 heterocycles. The van der Waals surface area contributed by atoms with Gasteiger partial charge in [-0.2, -0.15) is 0 Å². The summed E-state index contributed by atoms with van der Waals surface area (Å²) in [5.41, 5.74) is 2.41. The summed E-state index contributed by atoms with van der Waals surface area (Å²) in [6.45, 7) is 4.12. The van der Waals surface area contributed by atoms with E-state index >= 15 is 0 Å². The second-order valence-electron chi connectivity index (χ2n) is 7.80. The van der Waals surface area contributed by atoms with Gasteiger partial charge >= 0.3 is 0 Å². The van der Waals surface area contributed by atoms with Crippen molar-refractivity contribution < 1.29 is 9.18 Å². The van der Waals surface area contributed by atoms with E-state index in [-0.39, 0.29) is 29.0 Å². The van der Waals surface area contributed by atoms with E-state index in [0.717, 1.165) is 16.9 Å². The quantitative estimate of drug-likeness (QED) is 0.829. The number of halogens is 1.